The van der Waals surface area contributed by atoms with Crippen LogP contribution in [0.3, 0.4) is 0 Å². The van der Waals surface area contributed by atoms with E-state index in [-0.39, 0.29) is 5.91 Å². The van der Waals surface area contributed by atoms with Crippen molar-refractivity contribution in [1.29, 1.82) is 0 Å². The lowest BCUT2D eigenvalue weighted by atomic mass is 9.97. The lowest BCUT2D eigenvalue weighted by Gasteiger charge is -2.08. The highest BCUT2D eigenvalue weighted by molar-refractivity contribution is 7.14. The molecule has 3 nitrogen and oxygen atoms in total. The summed E-state index contributed by atoms with van der Waals surface area (Å²) in [5.41, 5.74) is 3.30. The number of nitrogens with zero attached hydrogens (tertiary/aromatic N) is 1. The van der Waals surface area contributed by atoms with Crippen LogP contribution in [0.4, 0.5) is 5.13 Å². The van der Waals surface area contributed by atoms with E-state index in [1.54, 1.807) is 11.3 Å². The van der Waals surface area contributed by atoms with Crippen molar-refractivity contribution in [3.05, 3.63) is 63.7 Å². The van der Waals surface area contributed by atoms with E-state index < -0.39 is 0 Å². The highest BCUT2D eigenvalue weighted by Crippen LogP contribution is 2.27. The standard InChI is InChI=1S/C20H20N2OS2/c1-3-14(2)15-6-8-16(9-7-15)18-13-25-20(21-18)22-19(23)11-10-17-5-4-12-24-17/h4-14H,3H2,1-2H3,(H,21,22,23). The molecule has 0 spiro atoms. The predicted octanol–water partition coefficient (Wildman–Crippen LogP) is 6.04. The molecular formula is C20H20N2OS2. The number of aromatic nitrogens is 1. The SMILES string of the molecule is CCC(C)c1ccc(-c2csc(NC(=O)C=Cc3cccs3)n2)cc1. The van der Waals surface area contributed by atoms with Crippen LogP contribution in [0.15, 0.2) is 53.2 Å². The number of carbonyl (C=O) groups is 1. The molecule has 1 N–H and O–H groups in total. The van der Waals surface area contributed by atoms with Crippen molar-refractivity contribution in [2.45, 2.75) is 26.2 Å². The van der Waals surface area contributed by atoms with Gasteiger partial charge >= 0.3 is 0 Å². The summed E-state index contributed by atoms with van der Waals surface area (Å²) in [7, 11) is 0. The molecule has 1 aromatic carbocycles. The number of benzene rings is 1. The summed E-state index contributed by atoms with van der Waals surface area (Å²) < 4.78 is 0. The lowest BCUT2D eigenvalue weighted by Crippen LogP contribution is -2.07. The molecule has 0 aliphatic carbocycles. The van der Waals surface area contributed by atoms with Gasteiger partial charge in [-0.05, 0) is 35.4 Å². The van der Waals surface area contributed by atoms with Gasteiger partial charge in [-0.15, -0.1) is 22.7 Å². The minimum atomic E-state index is -0.165. The maximum absolute atomic E-state index is 12.0. The molecule has 1 amide bonds. The first-order valence-electron chi connectivity index (χ1n) is 8.24. The Balaban J connectivity index is 1.65. The van der Waals surface area contributed by atoms with Crippen molar-refractivity contribution in [3.8, 4) is 11.3 Å². The van der Waals surface area contributed by atoms with Crippen LogP contribution >= 0.6 is 22.7 Å². The largest absolute Gasteiger partial charge is 0.298 e. The fourth-order valence-electron chi connectivity index (χ4n) is 2.37. The summed E-state index contributed by atoms with van der Waals surface area (Å²) in [6.45, 7) is 4.43. The number of amides is 1. The molecule has 0 aliphatic heterocycles. The van der Waals surface area contributed by atoms with Gasteiger partial charge in [0.1, 0.15) is 0 Å². The van der Waals surface area contributed by atoms with E-state index in [0.717, 1.165) is 22.6 Å². The van der Waals surface area contributed by atoms with Crippen LogP contribution in [0, 0.1) is 0 Å². The maximum atomic E-state index is 12.0. The van der Waals surface area contributed by atoms with E-state index in [1.165, 1.54) is 23.0 Å². The van der Waals surface area contributed by atoms with E-state index in [4.69, 9.17) is 0 Å². The minimum Gasteiger partial charge on any atom is -0.298 e. The number of anilines is 1. The summed E-state index contributed by atoms with van der Waals surface area (Å²) in [5, 5.41) is 7.38. The Labute approximate surface area is 156 Å². The number of hydrogen-bond acceptors (Lipinski definition) is 4. The van der Waals surface area contributed by atoms with Crippen LogP contribution in [0.5, 0.6) is 0 Å². The van der Waals surface area contributed by atoms with E-state index in [0.29, 0.717) is 11.0 Å². The first-order valence-corrected chi connectivity index (χ1v) is 10.00. The normalized spacial score (nSPS) is 12.4. The summed E-state index contributed by atoms with van der Waals surface area (Å²) in [6, 6.07) is 12.4. The number of hydrogen-bond donors (Lipinski definition) is 1. The van der Waals surface area contributed by atoms with Gasteiger partial charge in [-0.25, -0.2) is 4.98 Å². The van der Waals surface area contributed by atoms with Crippen molar-refractivity contribution in [3.63, 3.8) is 0 Å². The zero-order valence-corrected chi connectivity index (χ0v) is 15.9. The minimum absolute atomic E-state index is 0.165. The second-order valence-corrected chi connectivity index (χ2v) is 7.64. The van der Waals surface area contributed by atoms with Crippen molar-refractivity contribution in [1.82, 2.24) is 4.98 Å². The Morgan fingerprint density at radius 1 is 1.24 bits per heavy atom. The van der Waals surface area contributed by atoms with Crippen LogP contribution in [-0.4, -0.2) is 10.9 Å². The number of nitrogens with one attached hydrogen (secondary N) is 1. The monoisotopic (exact) mass is 368 g/mol. The second-order valence-electron chi connectivity index (χ2n) is 5.81. The van der Waals surface area contributed by atoms with E-state index in [9.17, 15) is 4.79 Å². The average molecular weight is 369 g/mol. The molecule has 5 heteroatoms. The fourth-order valence-corrected chi connectivity index (χ4v) is 3.71. The average Bonchev–Trinajstić information content (AvgIpc) is 3.31. The van der Waals surface area contributed by atoms with Crippen molar-refractivity contribution in [2.24, 2.45) is 0 Å². The van der Waals surface area contributed by atoms with Gasteiger partial charge in [0, 0.05) is 21.9 Å². The molecule has 128 valence electrons. The molecule has 0 saturated carbocycles. The molecule has 0 radical (unpaired) electrons. The van der Waals surface area contributed by atoms with Crippen molar-refractivity contribution < 1.29 is 4.79 Å². The van der Waals surface area contributed by atoms with E-state index >= 15 is 0 Å². The van der Waals surface area contributed by atoms with Crippen LogP contribution in [0.1, 0.15) is 36.6 Å². The van der Waals surface area contributed by atoms with E-state index in [1.807, 2.05) is 29.0 Å². The molecule has 0 bridgehead atoms. The molecule has 3 rings (SSSR count). The van der Waals surface area contributed by atoms with Crippen LogP contribution in [-0.2, 0) is 4.79 Å². The third kappa shape index (κ3) is 4.65. The van der Waals surface area contributed by atoms with Crippen LogP contribution < -0.4 is 5.32 Å². The van der Waals surface area contributed by atoms with E-state index in [2.05, 4.69) is 48.4 Å². The number of thiazole rings is 1. The molecule has 0 fully saturated rings. The van der Waals surface area contributed by atoms with Crippen LogP contribution in [0.25, 0.3) is 17.3 Å². The van der Waals surface area contributed by atoms with Gasteiger partial charge in [0.05, 0.1) is 5.69 Å². The van der Waals surface area contributed by atoms with Crippen LogP contribution in [0.2, 0.25) is 0 Å². The van der Waals surface area contributed by atoms with Gasteiger partial charge in [-0.3, -0.25) is 10.1 Å². The molecule has 2 aromatic heterocycles. The quantitative estimate of drug-likeness (QED) is 0.539. The molecule has 1 unspecified atom stereocenters. The summed E-state index contributed by atoms with van der Waals surface area (Å²) in [6.07, 6.45) is 4.47. The van der Waals surface area contributed by atoms with Gasteiger partial charge in [0.2, 0.25) is 5.91 Å². The summed E-state index contributed by atoms with van der Waals surface area (Å²) in [5.74, 6) is 0.399. The molecule has 3 aromatic rings. The third-order valence-corrected chi connectivity index (χ3v) is 5.66. The summed E-state index contributed by atoms with van der Waals surface area (Å²) >= 11 is 3.03. The first kappa shape index (κ1) is 17.6. The highest BCUT2D eigenvalue weighted by atomic mass is 32.1. The highest BCUT2D eigenvalue weighted by Gasteiger charge is 2.08. The number of thiophene rings is 1. The topological polar surface area (TPSA) is 42.0 Å². The Morgan fingerprint density at radius 2 is 2.04 bits per heavy atom. The van der Waals surface area contributed by atoms with Gasteiger partial charge in [0.15, 0.2) is 5.13 Å². The zero-order chi connectivity index (χ0) is 17.6. The molecular weight excluding hydrogens is 348 g/mol. The molecule has 0 aliphatic rings. The second kappa shape index (κ2) is 8.23. The molecule has 2 heterocycles. The Hall–Kier alpha value is -2.24. The third-order valence-electron chi connectivity index (χ3n) is 4.06. The zero-order valence-electron chi connectivity index (χ0n) is 14.2. The lowest BCUT2D eigenvalue weighted by molar-refractivity contribution is -0.111. The predicted molar refractivity (Wildman–Crippen MR) is 108 cm³/mol. The van der Waals surface area contributed by atoms with Gasteiger partial charge in [-0.2, -0.15) is 0 Å². The van der Waals surface area contributed by atoms with Crippen molar-refractivity contribution in [2.75, 3.05) is 5.32 Å². The summed E-state index contributed by atoms with van der Waals surface area (Å²) in [4.78, 5) is 17.5. The number of carbonyl (C=O) groups excluding carboxylic acids is 1. The Morgan fingerprint density at radius 3 is 2.72 bits per heavy atom. The number of rotatable bonds is 6. The molecule has 0 saturated heterocycles. The molecule has 1 atom stereocenters. The maximum Gasteiger partial charge on any atom is 0.250 e. The first-order chi connectivity index (χ1) is 12.2. The van der Waals surface area contributed by atoms with Gasteiger partial charge < -0.3 is 0 Å². The Bertz CT molecular complexity index is 848. The fraction of sp³-hybridized carbons (Fsp3) is 0.200. The smallest absolute Gasteiger partial charge is 0.250 e. The van der Waals surface area contributed by atoms with Gasteiger partial charge in [0.25, 0.3) is 0 Å². The van der Waals surface area contributed by atoms with Crippen molar-refractivity contribution >= 4 is 39.8 Å². The molecule has 25 heavy (non-hydrogen) atoms. The Kier molecular flexibility index (Phi) is 5.79. The van der Waals surface area contributed by atoms with Gasteiger partial charge in [-0.1, -0.05) is 44.2 Å².